The number of carbonyl (C=O) groups is 1. The van der Waals surface area contributed by atoms with Crippen molar-refractivity contribution in [2.75, 3.05) is 7.11 Å². The van der Waals surface area contributed by atoms with E-state index in [2.05, 4.69) is 16.6 Å². The first-order valence-electron chi connectivity index (χ1n) is 4.56. The second kappa shape index (κ2) is 5.63. The smallest absolute Gasteiger partial charge is 0.384 e. The second-order valence-corrected chi connectivity index (χ2v) is 3.00. The van der Waals surface area contributed by atoms with Crippen LogP contribution in [-0.2, 0) is 16.1 Å². The molecule has 0 aliphatic rings. The maximum absolute atomic E-state index is 10.8. The molecule has 0 aliphatic heterocycles. The normalized spacial score (nSPS) is 9.06. The van der Waals surface area contributed by atoms with Crippen LogP contribution in [0.4, 0.5) is 5.69 Å². The molecule has 0 bridgehead atoms. The van der Waals surface area contributed by atoms with Crippen LogP contribution in [-0.4, -0.2) is 23.1 Å². The predicted molar refractivity (Wildman–Crippen MR) is 57.9 cm³/mol. The average molecular weight is 235 g/mol. The Labute approximate surface area is 97.0 Å². The number of hydrogen-bond donors (Lipinski definition) is 1. The molecule has 0 saturated carbocycles. The van der Waals surface area contributed by atoms with Gasteiger partial charge in [0.15, 0.2) is 0 Å². The van der Waals surface area contributed by atoms with E-state index in [1.807, 2.05) is 0 Å². The fourth-order valence-corrected chi connectivity index (χ4v) is 1.14. The van der Waals surface area contributed by atoms with Gasteiger partial charge in [0.25, 0.3) is 5.69 Å². The van der Waals surface area contributed by atoms with E-state index in [1.54, 1.807) is 0 Å². The molecule has 0 radical (unpaired) electrons. The number of hydrogen-bond acceptors (Lipinski definition) is 5. The summed E-state index contributed by atoms with van der Waals surface area (Å²) in [5.74, 6) is 3.96. The van der Waals surface area contributed by atoms with E-state index in [0.717, 1.165) is 0 Å². The zero-order valence-electron chi connectivity index (χ0n) is 8.97. The lowest BCUT2D eigenvalue weighted by Crippen LogP contribution is -1.97. The first-order valence-corrected chi connectivity index (χ1v) is 4.56. The molecule has 0 spiro atoms. The summed E-state index contributed by atoms with van der Waals surface area (Å²) in [6.45, 7) is -0.468. The van der Waals surface area contributed by atoms with Gasteiger partial charge in [0.05, 0.1) is 24.2 Å². The first-order chi connectivity index (χ1) is 8.08. The summed E-state index contributed by atoms with van der Waals surface area (Å²) in [7, 11) is 1.20. The zero-order valence-corrected chi connectivity index (χ0v) is 8.97. The molecule has 1 N–H and O–H groups in total. The number of aliphatic hydroxyl groups is 1. The largest absolute Gasteiger partial charge is 0.459 e. The van der Waals surface area contributed by atoms with E-state index in [0.29, 0.717) is 5.56 Å². The molecule has 0 aromatic heterocycles. The van der Waals surface area contributed by atoms with Crippen LogP contribution in [0.2, 0.25) is 0 Å². The summed E-state index contributed by atoms with van der Waals surface area (Å²) in [6, 6.07) is 3.98. The van der Waals surface area contributed by atoms with Crippen LogP contribution in [0.3, 0.4) is 0 Å². The van der Waals surface area contributed by atoms with Gasteiger partial charge >= 0.3 is 5.97 Å². The van der Waals surface area contributed by atoms with E-state index in [-0.39, 0.29) is 11.3 Å². The molecule has 0 amide bonds. The van der Waals surface area contributed by atoms with Gasteiger partial charge in [-0.25, -0.2) is 4.79 Å². The van der Waals surface area contributed by atoms with Crippen molar-refractivity contribution in [2.24, 2.45) is 0 Å². The summed E-state index contributed by atoms with van der Waals surface area (Å²) in [4.78, 5) is 20.8. The Balaban J connectivity index is 3.08. The predicted octanol–water partition coefficient (Wildman–Crippen LogP) is 0.612. The lowest BCUT2D eigenvalue weighted by atomic mass is 10.1. The molecule has 1 aromatic rings. The molecule has 6 nitrogen and oxygen atoms in total. The minimum absolute atomic E-state index is 0.145. The quantitative estimate of drug-likeness (QED) is 0.351. The molecule has 6 heteroatoms. The molecule has 0 atom stereocenters. The molecule has 0 aliphatic carbocycles. The second-order valence-electron chi connectivity index (χ2n) is 3.00. The maximum Gasteiger partial charge on any atom is 0.384 e. The SMILES string of the molecule is COC(=O)C#Cc1ccc([N+](=O)[O-])c(CO)c1. The van der Waals surface area contributed by atoms with Gasteiger partial charge in [-0.1, -0.05) is 5.92 Å². The van der Waals surface area contributed by atoms with Crippen molar-refractivity contribution < 1.29 is 19.6 Å². The van der Waals surface area contributed by atoms with Crippen molar-refractivity contribution in [2.45, 2.75) is 6.61 Å². The molecule has 1 aromatic carbocycles. The van der Waals surface area contributed by atoms with Gasteiger partial charge in [-0.15, -0.1) is 0 Å². The van der Waals surface area contributed by atoms with E-state index in [9.17, 15) is 14.9 Å². The number of nitro benzene ring substituents is 1. The van der Waals surface area contributed by atoms with E-state index >= 15 is 0 Å². The number of ether oxygens (including phenoxy) is 1. The zero-order chi connectivity index (χ0) is 12.8. The standard InChI is InChI=1S/C11H9NO5/c1-17-11(14)5-3-8-2-4-10(12(15)16)9(6-8)7-13/h2,4,6,13H,7H2,1H3. The number of rotatable bonds is 2. The Kier molecular flexibility index (Phi) is 4.20. The monoisotopic (exact) mass is 235 g/mol. The van der Waals surface area contributed by atoms with Gasteiger partial charge in [-0.05, 0) is 12.1 Å². The van der Waals surface area contributed by atoms with Crippen LogP contribution >= 0.6 is 0 Å². The van der Waals surface area contributed by atoms with Gasteiger partial charge in [-0.3, -0.25) is 10.1 Å². The number of benzene rings is 1. The topological polar surface area (TPSA) is 89.7 Å². The number of nitrogens with zero attached hydrogens (tertiary/aromatic N) is 1. The summed E-state index contributed by atoms with van der Waals surface area (Å²) in [5.41, 5.74) is 0.354. The van der Waals surface area contributed by atoms with Crippen LogP contribution in [0.25, 0.3) is 0 Å². The van der Waals surface area contributed by atoms with Crippen LogP contribution in [0.5, 0.6) is 0 Å². The third-order valence-corrected chi connectivity index (χ3v) is 1.94. The van der Waals surface area contributed by atoms with Crippen LogP contribution in [0.1, 0.15) is 11.1 Å². The third-order valence-electron chi connectivity index (χ3n) is 1.94. The van der Waals surface area contributed by atoms with E-state index in [1.165, 1.54) is 25.3 Å². The highest BCUT2D eigenvalue weighted by atomic mass is 16.6. The van der Waals surface area contributed by atoms with Gasteiger partial charge in [0, 0.05) is 17.6 Å². The minimum atomic E-state index is -0.700. The molecular formula is C11H9NO5. The maximum atomic E-state index is 10.8. The van der Waals surface area contributed by atoms with Crippen molar-refractivity contribution in [1.29, 1.82) is 0 Å². The van der Waals surface area contributed by atoms with E-state index in [4.69, 9.17) is 5.11 Å². The van der Waals surface area contributed by atoms with Crippen molar-refractivity contribution in [3.8, 4) is 11.8 Å². The molecule has 1 rings (SSSR count). The average Bonchev–Trinajstić information content (AvgIpc) is 2.35. The minimum Gasteiger partial charge on any atom is -0.459 e. The Morgan fingerprint density at radius 2 is 2.29 bits per heavy atom. The first kappa shape index (κ1) is 12.7. The van der Waals surface area contributed by atoms with Gasteiger partial charge in [0.2, 0.25) is 0 Å². The highest BCUT2D eigenvalue weighted by Crippen LogP contribution is 2.19. The summed E-state index contributed by atoms with van der Waals surface area (Å²) >= 11 is 0. The molecule has 0 fully saturated rings. The number of methoxy groups -OCH3 is 1. The number of carbonyl (C=O) groups excluding carboxylic acids is 1. The molecule has 88 valence electrons. The highest BCUT2D eigenvalue weighted by Gasteiger charge is 2.12. The van der Waals surface area contributed by atoms with Crippen LogP contribution < -0.4 is 0 Å². The van der Waals surface area contributed by atoms with Crippen molar-refractivity contribution >= 4 is 11.7 Å². The third kappa shape index (κ3) is 3.29. The molecule has 0 saturated heterocycles. The van der Waals surface area contributed by atoms with Gasteiger partial charge < -0.3 is 9.84 Å². The van der Waals surface area contributed by atoms with Crippen molar-refractivity contribution in [3.05, 3.63) is 39.4 Å². The molecular weight excluding hydrogens is 226 g/mol. The summed E-state index contributed by atoms with van der Waals surface area (Å²) in [6.07, 6.45) is 0. The Morgan fingerprint density at radius 3 is 2.82 bits per heavy atom. The van der Waals surface area contributed by atoms with Gasteiger partial charge in [0.1, 0.15) is 0 Å². The Morgan fingerprint density at radius 1 is 1.59 bits per heavy atom. The fourth-order valence-electron chi connectivity index (χ4n) is 1.14. The summed E-state index contributed by atoms with van der Waals surface area (Å²) in [5, 5.41) is 19.6. The lowest BCUT2D eigenvalue weighted by Gasteiger charge is -1.99. The van der Waals surface area contributed by atoms with Crippen molar-refractivity contribution in [1.82, 2.24) is 0 Å². The fraction of sp³-hybridized carbons (Fsp3) is 0.182. The molecule has 17 heavy (non-hydrogen) atoms. The molecule has 0 unspecified atom stereocenters. The van der Waals surface area contributed by atoms with Gasteiger partial charge in [-0.2, -0.15) is 0 Å². The Hall–Kier alpha value is -2.39. The number of aliphatic hydroxyl groups excluding tert-OH is 1. The number of esters is 1. The summed E-state index contributed by atoms with van der Waals surface area (Å²) < 4.78 is 4.32. The van der Waals surface area contributed by atoms with Crippen molar-refractivity contribution in [3.63, 3.8) is 0 Å². The van der Waals surface area contributed by atoms with E-state index < -0.39 is 17.5 Å². The number of nitro groups is 1. The Bertz CT molecular complexity index is 512. The lowest BCUT2D eigenvalue weighted by molar-refractivity contribution is -0.385. The van der Waals surface area contributed by atoms with Crippen LogP contribution in [0, 0.1) is 22.0 Å². The highest BCUT2D eigenvalue weighted by molar-refractivity contribution is 5.89. The molecule has 0 heterocycles. The van der Waals surface area contributed by atoms with Crippen LogP contribution in [0.15, 0.2) is 18.2 Å².